The normalized spacial score (nSPS) is 13.2. The maximum absolute atomic E-state index is 11.7. The highest BCUT2D eigenvalue weighted by molar-refractivity contribution is 7.07. The van der Waals surface area contributed by atoms with Crippen LogP contribution >= 0.6 is 34.5 Å². The topological polar surface area (TPSA) is 91.2 Å². The summed E-state index contributed by atoms with van der Waals surface area (Å²) in [5.74, 6) is 1.13. The molecule has 1 aliphatic heterocycles. The molecule has 37 heavy (non-hydrogen) atoms. The number of ether oxygens (including phenoxy) is 2. The van der Waals surface area contributed by atoms with Gasteiger partial charge in [-0.3, -0.25) is 10.1 Å². The molecule has 1 aromatic heterocycles. The lowest BCUT2D eigenvalue weighted by Gasteiger charge is -2.07. The number of aromatic nitrogens is 1. The van der Waals surface area contributed by atoms with Crippen molar-refractivity contribution >= 4 is 52.1 Å². The molecule has 0 radical (unpaired) electrons. The molecule has 0 spiro atoms. The number of nitro benzene ring substituents is 1. The van der Waals surface area contributed by atoms with Gasteiger partial charge in [-0.15, -0.1) is 11.3 Å². The van der Waals surface area contributed by atoms with Crippen LogP contribution in [0.25, 0.3) is 11.3 Å². The summed E-state index contributed by atoms with van der Waals surface area (Å²) in [5, 5.41) is 19.2. The van der Waals surface area contributed by atoms with Crippen LogP contribution in [0.5, 0.6) is 11.5 Å². The second-order valence-corrected chi connectivity index (χ2v) is 10.1. The van der Waals surface area contributed by atoms with Crippen molar-refractivity contribution in [3.8, 4) is 22.8 Å². The van der Waals surface area contributed by atoms with Gasteiger partial charge in [-0.25, -0.2) is 9.67 Å². The molecule has 3 aromatic carbocycles. The van der Waals surface area contributed by atoms with Crippen LogP contribution in [0.1, 0.15) is 30.9 Å². The van der Waals surface area contributed by atoms with E-state index in [1.807, 2.05) is 29.6 Å². The van der Waals surface area contributed by atoms with Crippen LogP contribution in [0.4, 0.5) is 11.4 Å². The number of benzene rings is 3. The minimum absolute atomic E-state index is 0.00239. The monoisotopic (exact) mass is 554 g/mol. The Morgan fingerprint density at radius 1 is 1.08 bits per heavy atom. The van der Waals surface area contributed by atoms with Gasteiger partial charge in [-0.1, -0.05) is 49.2 Å². The quantitative estimate of drug-likeness (QED) is 0.141. The number of halogens is 2. The fourth-order valence-corrected chi connectivity index (χ4v) is 4.97. The fraction of sp³-hybridized carbons (Fsp3) is 0.154. The summed E-state index contributed by atoms with van der Waals surface area (Å²) < 4.78 is 12.3. The van der Waals surface area contributed by atoms with Crippen molar-refractivity contribution in [1.29, 1.82) is 0 Å². The van der Waals surface area contributed by atoms with Gasteiger partial charge >= 0.3 is 0 Å². The molecule has 0 bridgehead atoms. The third-order valence-electron chi connectivity index (χ3n) is 5.71. The molecule has 0 saturated heterocycles. The molecule has 0 aliphatic carbocycles. The van der Waals surface area contributed by atoms with E-state index in [9.17, 15) is 10.1 Å². The van der Waals surface area contributed by atoms with E-state index in [4.69, 9.17) is 37.7 Å². The van der Waals surface area contributed by atoms with Crippen molar-refractivity contribution < 1.29 is 14.4 Å². The van der Waals surface area contributed by atoms with Crippen LogP contribution in [0.15, 0.2) is 70.1 Å². The number of hydrogen-bond donors (Lipinski definition) is 0. The first-order chi connectivity index (χ1) is 17.8. The average Bonchev–Trinajstić information content (AvgIpc) is 3.50. The summed E-state index contributed by atoms with van der Waals surface area (Å²) in [6, 6.07) is 16.0. The second-order valence-electron chi connectivity index (χ2n) is 8.46. The molecular weight excluding hydrogens is 535 g/mol. The molecule has 2 heterocycles. The highest BCUT2D eigenvalue weighted by Gasteiger charge is 2.23. The lowest BCUT2D eigenvalue weighted by molar-refractivity contribution is -0.385. The predicted octanol–water partition coefficient (Wildman–Crippen LogP) is 7.40. The lowest BCUT2D eigenvalue weighted by Crippen LogP contribution is -2.12. The van der Waals surface area contributed by atoms with Crippen LogP contribution in [-0.4, -0.2) is 22.6 Å². The standard InChI is InChI=1S/C26H20Cl2N4O4S/c1-15(2)16-3-6-19(7-4-16)30-26-31(23(13-37-26)20-10-18(27)5-8-21(20)28)29-12-17-9-24-25(36-14-35-24)11-22(17)32(33)34/h3-13,15H,14H2,1-2H3. The Morgan fingerprint density at radius 3 is 2.51 bits per heavy atom. The largest absolute Gasteiger partial charge is 0.454 e. The number of hydrogen-bond acceptors (Lipinski definition) is 7. The first-order valence-electron chi connectivity index (χ1n) is 11.2. The number of rotatable bonds is 6. The van der Waals surface area contributed by atoms with Crippen molar-refractivity contribution in [3.05, 3.63) is 96.1 Å². The minimum Gasteiger partial charge on any atom is -0.454 e. The molecular formula is C26H20Cl2N4O4S. The van der Waals surface area contributed by atoms with Crippen molar-refractivity contribution in [2.45, 2.75) is 19.8 Å². The maximum Gasteiger partial charge on any atom is 0.282 e. The Kier molecular flexibility index (Phi) is 7.01. The van der Waals surface area contributed by atoms with Gasteiger partial charge in [0.2, 0.25) is 11.6 Å². The average molecular weight is 555 g/mol. The van der Waals surface area contributed by atoms with Crippen LogP contribution in [0, 0.1) is 10.1 Å². The van der Waals surface area contributed by atoms with E-state index in [-0.39, 0.29) is 18.0 Å². The first-order valence-corrected chi connectivity index (χ1v) is 12.9. The number of thiazole rings is 1. The van der Waals surface area contributed by atoms with E-state index in [0.29, 0.717) is 43.5 Å². The zero-order valence-electron chi connectivity index (χ0n) is 19.7. The Labute approximate surface area is 226 Å². The molecule has 11 heteroatoms. The van der Waals surface area contributed by atoms with E-state index >= 15 is 0 Å². The van der Waals surface area contributed by atoms with Gasteiger partial charge in [0.25, 0.3) is 5.69 Å². The van der Waals surface area contributed by atoms with Crippen LogP contribution in [-0.2, 0) is 0 Å². The molecule has 5 rings (SSSR count). The zero-order chi connectivity index (χ0) is 26.1. The Bertz CT molecular complexity index is 1590. The molecule has 0 saturated carbocycles. The van der Waals surface area contributed by atoms with Crippen molar-refractivity contribution in [1.82, 2.24) is 4.68 Å². The maximum atomic E-state index is 11.7. The minimum atomic E-state index is -0.488. The van der Waals surface area contributed by atoms with E-state index < -0.39 is 4.92 Å². The third kappa shape index (κ3) is 5.24. The highest BCUT2D eigenvalue weighted by atomic mass is 35.5. The molecule has 0 unspecified atom stereocenters. The van der Waals surface area contributed by atoms with E-state index in [1.165, 1.54) is 35.2 Å². The highest BCUT2D eigenvalue weighted by Crippen LogP contribution is 2.37. The Balaban J connectivity index is 1.66. The van der Waals surface area contributed by atoms with Gasteiger partial charge < -0.3 is 9.47 Å². The molecule has 1 aliphatic rings. The molecule has 188 valence electrons. The van der Waals surface area contributed by atoms with E-state index in [1.54, 1.807) is 22.9 Å². The fourth-order valence-electron chi connectivity index (χ4n) is 3.74. The van der Waals surface area contributed by atoms with E-state index in [2.05, 4.69) is 18.9 Å². The van der Waals surface area contributed by atoms with Crippen molar-refractivity contribution in [2.75, 3.05) is 6.79 Å². The molecule has 0 fully saturated rings. The molecule has 0 atom stereocenters. The lowest BCUT2D eigenvalue weighted by atomic mass is 10.0. The Morgan fingerprint density at radius 2 is 1.81 bits per heavy atom. The molecule has 0 amide bonds. The second kappa shape index (κ2) is 10.4. The van der Waals surface area contributed by atoms with Crippen molar-refractivity contribution in [2.24, 2.45) is 10.1 Å². The van der Waals surface area contributed by atoms with Gasteiger partial charge in [0.1, 0.15) is 0 Å². The van der Waals surface area contributed by atoms with Gasteiger partial charge in [-0.05, 0) is 47.9 Å². The van der Waals surface area contributed by atoms with Crippen molar-refractivity contribution in [3.63, 3.8) is 0 Å². The van der Waals surface area contributed by atoms with Crippen LogP contribution in [0.2, 0.25) is 10.0 Å². The first kappa shape index (κ1) is 25.0. The molecule has 8 nitrogen and oxygen atoms in total. The smallest absolute Gasteiger partial charge is 0.282 e. The van der Waals surface area contributed by atoms with Crippen LogP contribution in [0.3, 0.4) is 0 Å². The predicted molar refractivity (Wildman–Crippen MR) is 146 cm³/mol. The summed E-state index contributed by atoms with van der Waals surface area (Å²) in [7, 11) is 0. The molecule has 0 N–H and O–H groups in total. The zero-order valence-corrected chi connectivity index (χ0v) is 22.0. The van der Waals surface area contributed by atoms with Gasteiger partial charge in [-0.2, -0.15) is 5.10 Å². The van der Waals surface area contributed by atoms with Gasteiger partial charge in [0.05, 0.1) is 39.2 Å². The summed E-state index contributed by atoms with van der Waals surface area (Å²) in [5.41, 5.74) is 3.33. The summed E-state index contributed by atoms with van der Waals surface area (Å²) in [6.45, 7) is 4.26. The summed E-state index contributed by atoms with van der Waals surface area (Å²) in [4.78, 5) is 16.6. The number of nitro groups is 1. The number of fused-ring (bicyclic) bond motifs is 1. The third-order valence-corrected chi connectivity index (χ3v) is 7.09. The number of nitrogens with zero attached hydrogens (tertiary/aromatic N) is 4. The van der Waals surface area contributed by atoms with E-state index in [0.717, 1.165) is 5.69 Å². The summed E-state index contributed by atoms with van der Waals surface area (Å²) in [6.07, 6.45) is 1.40. The SMILES string of the molecule is CC(C)c1ccc(N=c2scc(-c3cc(Cl)ccc3Cl)n2N=Cc2cc3c(cc2[N+](=O)[O-])OCO3)cc1. The Hall–Kier alpha value is -3.66. The van der Waals surface area contributed by atoms with Crippen LogP contribution < -0.4 is 14.3 Å². The molecule has 4 aromatic rings. The van der Waals surface area contributed by atoms with Gasteiger partial charge in [0, 0.05) is 16.0 Å². The van der Waals surface area contributed by atoms with Gasteiger partial charge in [0.15, 0.2) is 11.5 Å². The summed E-state index contributed by atoms with van der Waals surface area (Å²) >= 11 is 14.1.